The summed E-state index contributed by atoms with van der Waals surface area (Å²) in [5.74, 6) is 0.194. The Bertz CT molecular complexity index is 399. The average Bonchev–Trinajstić information content (AvgIpc) is 2.76. The fraction of sp³-hybridized carbons (Fsp3) is 0.700. The second-order valence-electron chi connectivity index (χ2n) is 4.25. The van der Waals surface area contributed by atoms with Crippen molar-refractivity contribution in [2.75, 3.05) is 45.1 Å². The smallest absolute Gasteiger partial charge is 0.244 e. The molecule has 100 valence electrons. The van der Waals surface area contributed by atoms with Crippen molar-refractivity contribution < 1.29 is 9.90 Å². The molecular weight excluding hydrogens is 236 g/mol. The summed E-state index contributed by atoms with van der Waals surface area (Å²) in [7, 11) is 0. The molecule has 2 heterocycles. The van der Waals surface area contributed by atoms with Crippen molar-refractivity contribution in [3.63, 3.8) is 0 Å². The maximum atomic E-state index is 12.0. The van der Waals surface area contributed by atoms with Crippen molar-refractivity contribution in [3.05, 3.63) is 6.33 Å². The van der Waals surface area contributed by atoms with Gasteiger partial charge in [-0.25, -0.2) is 9.67 Å². The second-order valence-corrected chi connectivity index (χ2v) is 4.25. The van der Waals surface area contributed by atoms with Crippen LogP contribution in [0.2, 0.25) is 0 Å². The maximum Gasteiger partial charge on any atom is 0.244 e. The number of aliphatic hydroxyl groups is 1. The normalized spacial score (nSPS) is 17.1. The number of piperazine rings is 1. The second kappa shape index (κ2) is 5.78. The third-order valence-electron chi connectivity index (χ3n) is 2.99. The van der Waals surface area contributed by atoms with Gasteiger partial charge in [0.1, 0.15) is 12.9 Å². The number of β-amino-alcohol motifs (C(OH)–C–C–N with tert-alkyl or cyclic N) is 1. The Kier molecular flexibility index (Phi) is 4.11. The predicted molar refractivity (Wildman–Crippen MR) is 64.5 cm³/mol. The number of hydrogen-bond acceptors (Lipinski definition) is 6. The number of nitrogen functional groups attached to an aromatic ring is 1. The van der Waals surface area contributed by atoms with Crippen molar-refractivity contribution in [3.8, 4) is 0 Å². The van der Waals surface area contributed by atoms with Gasteiger partial charge in [-0.15, -0.1) is 5.10 Å². The van der Waals surface area contributed by atoms with Crippen LogP contribution < -0.4 is 5.73 Å². The maximum absolute atomic E-state index is 12.0. The molecular formula is C10H18N6O2. The van der Waals surface area contributed by atoms with Crippen molar-refractivity contribution in [1.29, 1.82) is 0 Å². The molecule has 2 rings (SSSR count). The average molecular weight is 254 g/mol. The van der Waals surface area contributed by atoms with Crippen molar-refractivity contribution in [1.82, 2.24) is 24.6 Å². The van der Waals surface area contributed by atoms with Gasteiger partial charge in [0.15, 0.2) is 0 Å². The van der Waals surface area contributed by atoms with Gasteiger partial charge in [0.05, 0.1) is 6.61 Å². The van der Waals surface area contributed by atoms with Crippen LogP contribution >= 0.6 is 0 Å². The Morgan fingerprint density at radius 3 is 2.67 bits per heavy atom. The van der Waals surface area contributed by atoms with Crippen LogP contribution in [-0.2, 0) is 11.3 Å². The van der Waals surface area contributed by atoms with Gasteiger partial charge >= 0.3 is 0 Å². The number of hydrogen-bond donors (Lipinski definition) is 2. The highest BCUT2D eigenvalue weighted by atomic mass is 16.3. The van der Waals surface area contributed by atoms with Gasteiger partial charge in [0.2, 0.25) is 11.9 Å². The Balaban J connectivity index is 1.80. The number of nitrogens with zero attached hydrogens (tertiary/aromatic N) is 5. The quantitative estimate of drug-likeness (QED) is 0.644. The van der Waals surface area contributed by atoms with Crippen LogP contribution in [0, 0.1) is 0 Å². The molecule has 18 heavy (non-hydrogen) atoms. The van der Waals surface area contributed by atoms with Gasteiger partial charge in [-0.3, -0.25) is 9.69 Å². The first-order chi connectivity index (χ1) is 8.69. The first-order valence-electron chi connectivity index (χ1n) is 5.95. The van der Waals surface area contributed by atoms with Crippen LogP contribution in [0.1, 0.15) is 0 Å². The zero-order valence-corrected chi connectivity index (χ0v) is 10.2. The minimum absolute atomic E-state index is 0.0172. The highest BCUT2D eigenvalue weighted by Crippen LogP contribution is 2.03. The van der Waals surface area contributed by atoms with Crippen LogP contribution in [-0.4, -0.2) is 74.9 Å². The summed E-state index contributed by atoms with van der Waals surface area (Å²) in [5, 5.41) is 12.7. The minimum Gasteiger partial charge on any atom is -0.395 e. The van der Waals surface area contributed by atoms with Gasteiger partial charge in [-0.05, 0) is 0 Å². The fourth-order valence-corrected chi connectivity index (χ4v) is 1.99. The predicted octanol–water partition coefficient (Wildman–Crippen LogP) is -2.00. The van der Waals surface area contributed by atoms with Crippen LogP contribution in [0.25, 0.3) is 0 Å². The SMILES string of the molecule is Nc1ncn(CC(=O)N2CCN(CCO)CC2)n1. The summed E-state index contributed by atoms with van der Waals surface area (Å²) in [5.41, 5.74) is 5.39. The van der Waals surface area contributed by atoms with E-state index in [1.54, 1.807) is 4.90 Å². The number of rotatable bonds is 4. The van der Waals surface area contributed by atoms with Gasteiger partial charge in [-0.2, -0.15) is 0 Å². The number of nitrogens with two attached hydrogens (primary N) is 1. The Labute approximate surface area is 105 Å². The minimum atomic E-state index is 0.0172. The number of amides is 1. The number of anilines is 1. The van der Waals surface area contributed by atoms with Crippen LogP contribution in [0.15, 0.2) is 6.33 Å². The van der Waals surface area contributed by atoms with Crippen LogP contribution in [0.4, 0.5) is 5.95 Å². The molecule has 1 aromatic heterocycles. The number of aromatic nitrogens is 3. The molecule has 0 spiro atoms. The summed E-state index contributed by atoms with van der Waals surface area (Å²) in [4.78, 5) is 19.7. The number of aliphatic hydroxyl groups excluding tert-OH is 1. The summed E-state index contributed by atoms with van der Waals surface area (Å²) < 4.78 is 1.44. The molecule has 1 aliphatic rings. The molecule has 3 N–H and O–H groups in total. The zero-order chi connectivity index (χ0) is 13.0. The van der Waals surface area contributed by atoms with Gasteiger partial charge in [0, 0.05) is 32.7 Å². The lowest BCUT2D eigenvalue weighted by atomic mass is 10.3. The molecule has 1 fully saturated rings. The lowest BCUT2D eigenvalue weighted by Gasteiger charge is -2.34. The third kappa shape index (κ3) is 3.17. The summed E-state index contributed by atoms with van der Waals surface area (Å²) in [6.07, 6.45) is 1.45. The summed E-state index contributed by atoms with van der Waals surface area (Å²) in [6, 6.07) is 0. The van der Waals surface area contributed by atoms with E-state index < -0.39 is 0 Å². The zero-order valence-electron chi connectivity index (χ0n) is 10.2. The molecule has 1 aliphatic heterocycles. The molecule has 0 radical (unpaired) electrons. The lowest BCUT2D eigenvalue weighted by molar-refractivity contribution is -0.133. The van der Waals surface area contributed by atoms with Crippen molar-refractivity contribution in [2.45, 2.75) is 6.54 Å². The van der Waals surface area contributed by atoms with E-state index in [0.29, 0.717) is 19.6 Å². The highest BCUT2D eigenvalue weighted by molar-refractivity contribution is 5.76. The van der Waals surface area contributed by atoms with E-state index >= 15 is 0 Å². The third-order valence-corrected chi connectivity index (χ3v) is 2.99. The van der Waals surface area contributed by atoms with Gasteiger partial charge in [0.25, 0.3) is 0 Å². The van der Waals surface area contributed by atoms with E-state index in [4.69, 9.17) is 10.8 Å². The topological polar surface area (TPSA) is 101 Å². The number of carbonyl (C=O) groups excluding carboxylic acids is 1. The molecule has 0 aliphatic carbocycles. The Morgan fingerprint density at radius 1 is 1.39 bits per heavy atom. The van der Waals surface area contributed by atoms with E-state index in [1.807, 2.05) is 0 Å². The molecule has 0 unspecified atom stereocenters. The summed E-state index contributed by atoms with van der Waals surface area (Å²) >= 11 is 0. The van der Waals surface area contributed by atoms with E-state index in [-0.39, 0.29) is 25.0 Å². The van der Waals surface area contributed by atoms with Crippen molar-refractivity contribution >= 4 is 11.9 Å². The Morgan fingerprint density at radius 2 is 2.11 bits per heavy atom. The molecule has 0 saturated carbocycles. The molecule has 1 amide bonds. The van der Waals surface area contributed by atoms with Crippen LogP contribution in [0.3, 0.4) is 0 Å². The highest BCUT2D eigenvalue weighted by Gasteiger charge is 2.20. The van der Waals surface area contributed by atoms with Gasteiger partial charge < -0.3 is 15.7 Å². The molecule has 0 bridgehead atoms. The van der Waals surface area contributed by atoms with Gasteiger partial charge in [-0.1, -0.05) is 0 Å². The largest absolute Gasteiger partial charge is 0.395 e. The van der Waals surface area contributed by atoms with Crippen molar-refractivity contribution in [2.24, 2.45) is 0 Å². The van der Waals surface area contributed by atoms with E-state index in [0.717, 1.165) is 13.1 Å². The molecule has 8 nitrogen and oxygen atoms in total. The first-order valence-corrected chi connectivity index (χ1v) is 5.95. The molecule has 0 atom stereocenters. The van der Waals surface area contributed by atoms with E-state index in [1.165, 1.54) is 11.0 Å². The molecule has 1 saturated heterocycles. The van der Waals surface area contributed by atoms with E-state index in [9.17, 15) is 4.79 Å². The standard InChI is InChI=1S/C10H18N6O2/c11-10-12-8-16(13-10)7-9(18)15-3-1-14(2-4-15)5-6-17/h8,17H,1-7H2,(H2,11,13). The lowest BCUT2D eigenvalue weighted by Crippen LogP contribution is -2.50. The molecule has 8 heteroatoms. The van der Waals surface area contributed by atoms with Crippen LogP contribution in [0.5, 0.6) is 0 Å². The first kappa shape index (κ1) is 12.8. The monoisotopic (exact) mass is 254 g/mol. The summed E-state index contributed by atoms with van der Waals surface area (Å²) in [6.45, 7) is 3.96. The molecule has 1 aromatic rings. The number of carbonyl (C=O) groups is 1. The fourth-order valence-electron chi connectivity index (χ4n) is 1.99. The Hall–Kier alpha value is -1.67. The van der Waals surface area contributed by atoms with E-state index in [2.05, 4.69) is 15.0 Å². The molecule has 0 aromatic carbocycles.